The van der Waals surface area contributed by atoms with Crippen LogP contribution in [0, 0.1) is 0 Å². The van der Waals surface area contributed by atoms with Gasteiger partial charge in [-0.05, 0) is 32.0 Å². The molecule has 7 nitrogen and oxygen atoms in total. The van der Waals surface area contributed by atoms with Gasteiger partial charge in [0.1, 0.15) is 0 Å². The molecule has 1 heterocycles. The minimum atomic E-state index is -3.74. The summed E-state index contributed by atoms with van der Waals surface area (Å²) in [5, 5.41) is 0. The van der Waals surface area contributed by atoms with Gasteiger partial charge in [0.05, 0.1) is 10.6 Å². The Morgan fingerprint density at radius 2 is 2.08 bits per heavy atom. The number of sulfonamides is 1. The van der Waals surface area contributed by atoms with E-state index in [9.17, 15) is 13.2 Å². The minimum Gasteiger partial charge on any atom is -0.342 e. The van der Waals surface area contributed by atoms with Crippen LogP contribution in [0.1, 0.15) is 29.9 Å². The Labute approximate surface area is 148 Å². The minimum absolute atomic E-state index is 0.0637. The molecular weight excluding hydrogens is 340 g/mol. The molecule has 0 saturated carbocycles. The van der Waals surface area contributed by atoms with E-state index in [1.165, 1.54) is 17.0 Å². The van der Waals surface area contributed by atoms with Crippen molar-refractivity contribution in [1.29, 1.82) is 0 Å². The first-order valence-electron chi connectivity index (χ1n) is 7.96. The molecular formula is C17H22N4O3S. The third-order valence-corrected chi connectivity index (χ3v) is 5.29. The van der Waals surface area contributed by atoms with Gasteiger partial charge in [-0.25, -0.2) is 13.1 Å². The Kier molecular flexibility index (Phi) is 6.22. The first kappa shape index (κ1) is 19.0. The lowest BCUT2D eigenvalue weighted by atomic mass is 10.2. The van der Waals surface area contributed by atoms with Crippen LogP contribution in [0.25, 0.3) is 0 Å². The molecule has 134 valence electrons. The zero-order valence-corrected chi connectivity index (χ0v) is 15.3. The third kappa shape index (κ3) is 5.07. The van der Waals surface area contributed by atoms with E-state index < -0.39 is 10.0 Å². The predicted molar refractivity (Wildman–Crippen MR) is 94.6 cm³/mol. The van der Waals surface area contributed by atoms with Gasteiger partial charge in [-0.15, -0.1) is 0 Å². The topological polar surface area (TPSA) is 92.3 Å². The average Bonchev–Trinajstić information content (AvgIpc) is 2.60. The zero-order chi connectivity index (χ0) is 18.4. The van der Waals surface area contributed by atoms with E-state index in [2.05, 4.69) is 14.7 Å². The lowest BCUT2D eigenvalue weighted by Crippen LogP contribution is -2.34. The number of nitrogens with zero attached hydrogens (tertiary/aromatic N) is 3. The summed E-state index contributed by atoms with van der Waals surface area (Å²) in [4.78, 5) is 21.9. The number of carbonyl (C=O) groups excluding carboxylic acids is 1. The maximum absolute atomic E-state index is 12.6. The fourth-order valence-corrected chi connectivity index (χ4v) is 3.57. The van der Waals surface area contributed by atoms with Crippen LogP contribution in [0.5, 0.6) is 0 Å². The van der Waals surface area contributed by atoms with Gasteiger partial charge in [0.15, 0.2) is 0 Å². The molecule has 0 fully saturated rings. The Balaban J connectivity index is 2.15. The van der Waals surface area contributed by atoms with Crippen LogP contribution in [0.2, 0.25) is 0 Å². The summed E-state index contributed by atoms with van der Waals surface area (Å²) in [5.41, 5.74) is 1.04. The first-order chi connectivity index (χ1) is 11.8. The molecule has 0 bridgehead atoms. The van der Waals surface area contributed by atoms with E-state index in [0.717, 1.165) is 0 Å². The van der Waals surface area contributed by atoms with Crippen molar-refractivity contribution >= 4 is 15.9 Å². The molecule has 1 atom stereocenters. The monoisotopic (exact) mass is 362 g/mol. The van der Waals surface area contributed by atoms with Gasteiger partial charge in [0.2, 0.25) is 10.0 Å². The maximum Gasteiger partial charge on any atom is 0.253 e. The van der Waals surface area contributed by atoms with Gasteiger partial charge in [0, 0.05) is 50.2 Å². The number of benzene rings is 1. The van der Waals surface area contributed by atoms with Crippen LogP contribution in [0.15, 0.2) is 47.8 Å². The van der Waals surface area contributed by atoms with Crippen LogP contribution >= 0.6 is 0 Å². The van der Waals surface area contributed by atoms with Crippen LogP contribution in [-0.4, -0.2) is 48.8 Å². The number of hydrogen-bond donors (Lipinski definition) is 1. The predicted octanol–water partition coefficient (Wildman–Crippen LogP) is 1.48. The fourth-order valence-electron chi connectivity index (χ4n) is 2.28. The largest absolute Gasteiger partial charge is 0.342 e. The summed E-state index contributed by atoms with van der Waals surface area (Å²) in [7, 11) is -2.07. The van der Waals surface area contributed by atoms with E-state index in [-0.39, 0.29) is 16.8 Å². The molecule has 2 rings (SSSR count). The molecule has 1 aromatic heterocycles. The molecule has 1 amide bonds. The highest BCUT2D eigenvalue weighted by Gasteiger charge is 2.20. The van der Waals surface area contributed by atoms with Crippen LogP contribution in [0.4, 0.5) is 0 Å². The number of rotatable bonds is 7. The van der Waals surface area contributed by atoms with Crippen LogP contribution in [0.3, 0.4) is 0 Å². The van der Waals surface area contributed by atoms with E-state index in [4.69, 9.17) is 0 Å². The summed E-state index contributed by atoms with van der Waals surface area (Å²) < 4.78 is 27.8. The number of hydrogen-bond acceptors (Lipinski definition) is 5. The Bertz CT molecular complexity index is 825. The highest BCUT2D eigenvalue weighted by atomic mass is 32.2. The van der Waals surface area contributed by atoms with Gasteiger partial charge in [-0.2, -0.15) is 0 Å². The quantitative estimate of drug-likeness (QED) is 0.805. The molecule has 8 heteroatoms. The molecule has 0 radical (unpaired) electrons. The molecule has 0 aliphatic rings. The Hall–Kier alpha value is -2.32. The summed E-state index contributed by atoms with van der Waals surface area (Å²) in [5.74, 6) is -0.216. The number of amides is 1. The van der Waals surface area contributed by atoms with Gasteiger partial charge in [-0.1, -0.05) is 6.07 Å². The number of aromatic nitrogens is 2. The lowest BCUT2D eigenvalue weighted by molar-refractivity contribution is 0.0802. The molecule has 25 heavy (non-hydrogen) atoms. The van der Waals surface area contributed by atoms with E-state index in [0.29, 0.717) is 24.2 Å². The Morgan fingerprint density at radius 1 is 1.32 bits per heavy atom. The molecule has 0 spiro atoms. The number of nitrogens with one attached hydrogen (secondary N) is 1. The molecule has 0 unspecified atom stereocenters. The summed E-state index contributed by atoms with van der Waals surface area (Å²) in [6.45, 7) is 4.16. The second-order valence-electron chi connectivity index (χ2n) is 5.77. The summed E-state index contributed by atoms with van der Waals surface area (Å²) in [6, 6.07) is 5.68. The van der Waals surface area contributed by atoms with Crippen LogP contribution in [-0.2, 0) is 16.4 Å². The van der Waals surface area contributed by atoms with Crippen molar-refractivity contribution < 1.29 is 13.2 Å². The van der Waals surface area contributed by atoms with Crippen molar-refractivity contribution in [2.24, 2.45) is 0 Å². The van der Waals surface area contributed by atoms with E-state index in [1.54, 1.807) is 44.7 Å². The highest BCUT2D eigenvalue weighted by Crippen LogP contribution is 2.14. The summed E-state index contributed by atoms with van der Waals surface area (Å²) in [6.07, 6.45) is 5.15. The van der Waals surface area contributed by atoms with Crippen molar-refractivity contribution in [3.8, 4) is 0 Å². The summed E-state index contributed by atoms with van der Waals surface area (Å²) >= 11 is 0. The standard InChI is InChI=1S/C17H22N4O3S/c1-4-21(3)17(22)14-6-5-7-16(11-14)25(23,24)20-13(2)10-15-12-18-8-9-19-15/h5-9,11-13,20H,4,10H2,1-3H3/t13-/m1/s1. The first-order valence-corrected chi connectivity index (χ1v) is 9.44. The SMILES string of the molecule is CCN(C)C(=O)c1cccc(S(=O)(=O)N[C@H](C)Cc2cnccn2)c1. The van der Waals surface area contributed by atoms with E-state index >= 15 is 0 Å². The fraction of sp³-hybridized carbons (Fsp3) is 0.353. The van der Waals surface area contributed by atoms with E-state index in [1.807, 2.05) is 6.92 Å². The molecule has 2 aromatic rings. The highest BCUT2D eigenvalue weighted by molar-refractivity contribution is 7.89. The normalized spacial score (nSPS) is 12.6. The molecule has 0 aliphatic heterocycles. The van der Waals surface area contributed by atoms with Crippen molar-refractivity contribution in [2.75, 3.05) is 13.6 Å². The smallest absolute Gasteiger partial charge is 0.253 e. The van der Waals surface area contributed by atoms with Crippen molar-refractivity contribution in [3.05, 3.63) is 54.1 Å². The third-order valence-electron chi connectivity index (χ3n) is 3.70. The molecule has 1 aromatic carbocycles. The zero-order valence-electron chi connectivity index (χ0n) is 14.5. The molecule has 0 saturated heterocycles. The van der Waals surface area contributed by atoms with Crippen LogP contribution < -0.4 is 4.72 Å². The van der Waals surface area contributed by atoms with Gasteiger partial charge >= 0.3 is 0 Å². The lowest BCUT2D eigenvalue weighted by Gasteiger charge is -2.16. The van der Waals surface area contributed by atoms with Gasteiger partial charge < -0.3 is 4.90 Å². The second-order valence-corrected chi connectivity index (χ2v) is 7.48. The molecule has 0 aliphatic carbocycles. The van der Waals surface area contributed by atoms with Crippen molar-refractivity contribution in [1.82, 2.24) is 19.6 Å². The average molecular weight is 362 g/mol. The maximum atomic E-state index is 12.6. The van der Waals surface area contributed by atoms with Crippen molar-refractivity contribution in [2.45, 2.75) is 31.2 Å². The van der Waals surface area contributed by atoms with Gasteiger partial charge in [-0.3, -0.25) is 14.8 Å². The number of carbonyl (C=O) groups is 1. The molecule has 1 N–H and O–H groups in total. The van der Waals surface area contributed by atoms with Gasteiger partial charge in [0.25, 0.3) is 5.91 Å². The van der Waals surface area contributed by atoms with Crippen molar-refractivity contribution in [3.63, 3.8) is 0 Å². The Morgan fingerprint density at radius 3 is 2.72 bits per heavy atom. The second kappa shape index (κ2) is 8.17.